The van der Waals surface area contributed by atoms with Crippen molar-refractivity contribution < 1.29 is 9.72 Å². The number of aromatic nitrogens is 4. The normalized spacial score (nSPS) is 10.8. The van der Waals surface area contributed by atoms with Crippen LogP contribution in [0.5, 0.6) is 0 Å². The van der Waals surface area contributed by atoms with E-state index in [1.807, 2.05) is 6.92 Å². The van der Waals surface area contributed by atoms with Gasteiger partial charge in [-0.25, -0.2) is 0 Å². The van der Waals surface area contributed by atoms with Crippen LogP contribution in [0.25, 0.3) is 0 Å². The molecule has 1 aromatic carbocycles. The van der Waals surface area contributed by atoms with E-state index in [-0.39, 0.29) is 11.6 Å². The molecule has 10 heteroatoms. The first kappa shape index (κ1) is 18.6. The molecule has 0 saturated heterocycles. The van der Waals surface area contributed by atoms with Crippen molar-refractivity contribution in [3.8, 4) is 0 Å². The quantitative estimate of drug-likeness (QED) is 0.514. The molecule has 1 amide bonds. The molecule has 2 heterocycles. The lowest BCUT2D eigenvalue weighted by Crippen LogP contribution is -2.12. The number of hydrogen-bond donors (Lipinski definition) is 1. The Balaban J connectivity index is 1.71. The van der Waals surface area contributed by atoms with Crippen molar-refractivity contribution >= 4 is 28.1 Å². The third-order valence-corrected chi connectivity index (χ3v) is 5.05. The summed E-state index contributed by atoms with van der Waals surface area (Å²) in [6.07, 6.45) is 0.771. The van der Waals surface area contributed by atoms with Crippen molar-refractivity contribution in [3.05, 3.63) is 61.9 Å². The van der Waals surface area contributed by atoms with E-state index < -0.39 is 4.92 Å². The molecule has 0 bridgehead atoms. The van der Waals surface area contributed by atoms with E-state index in [9.17, 15) is 14.9 Å². The number of anilines is 1. The van der Waals surface area contributed by atoms with Gasteiger partial charge in [-0.2, -0.15) is 5.10 Å². The van der Waals surface area contributed by atoms with Gasteiger partial charge in [-0.05, 0) is 38.0 Å². The van der Waals surface area contributed by atoms with Gasteiger partial charge >= 0.3 is 5.69 Å². The van der Waals surface area contributed by atoms with Crippen LogP contribution < -0.4 is 5.32 Å². The summed E-state index contributed by atoms with van der Waals surface area (Å²) in [5, 5.41) is 27.3. The number of nitro groups is 1. The number of nitrogens with one attached hydrogen (secondary N) is 1. The summed E-state index contributed by atoms with van der Waals surface area (Å²) >= 11 is 1.35. The number of aryl methyl sites for hydroxylation is 2. The highest BCUT2D eigenvalue weighted by atomic mass is 32.1. The highest BCUT2D eigenvalue weighted by molar-refractivity contribution is 7.15. The van der Waals surface area contributed by atoms with Crippen molar-refractivity contribution in [2.45, 2.75) is 33.7 Å². The molecule has 0 unspecified atom stereocenters. The lowest BCUT2D eigenvalue weighted by atomic mass is 10.1. The fourth-order valence-corrected chi connectivity index (χ4v) is 3.33. The highest BCUT2D eigenvalue weighted by Gasteiger charge is 2.21. The lowest BCUT2D eigenvalue weighted by Gasteiger charge is -2.06. The maximum absolute atomic E-state index is 12.3. The predicted octanol–water partition coefficient (Wildman–Crippen LogP) is 3.12. The van der Waals surface area contributed by atoms with Gasteiger partial charge < -0.3 is 0 Å². The third kappa shape index (κ3) is 4.00. The van der Waals surface area contributed by atoms with Gasteiger partial charge in [-0.1, -0.05) is 30.4 Å². The van der Waals surface area contributed by atoms with E-state index in [1.165, 1.54) is 11.3 Å². The van der Waals surface area contributed by atoms with E-state index >= 15 is 0 Å². The summed E-state index contributed by atoms with van der Waals surface area (Å²) < 4.78 is 1.59. The smallest absolute Gasteiger partial charge is 0.296 e. The van der Waals surface area contributed by atoms with Crippen LogP contribution in [0.1, 0.15) is 39.2 Å². The van der Waals surface area contributed by atoms with Crippen LogP contribution in [-0.2, 0) is 13.0 Å². The van der Waals surface area contributed by atoms with E-state index in [0.717, 1.165) is 17.0 Å². The third-order valence-electron chi connectivity index (χ3n) is 4.06. The summed E-state index contributed by atoms with van der Waals surface area (Å²) in [6, 6.07) is 7.00. The summed E-state index contributed by atoms with van der Waals surface area (Å²) in [7, 11) is 0. The number of carbonyl (C=O) groups excluding carboxylic acids is 1. The number of amides is 1. The minimum absolute atomic E-state index is 0.0366. The highest BCUT2D eigenvalue weighted by Crippen LogP contribution is 2.23. The van der Waals surface area contributed by atoms with Crippen LogP contribution in [0.4, 0.5) is 10.8 Å². The zero-order valence-electron chi connectivity index (χ0n) is 15.1. The Morgan fingerprint density at radius 1 is 1.26 bits per heavy atom. The van der Waals surface area contributed by atoms with Gasteiger partial charge in [0.15, 0.2) is 0 Å². The number of carbonyl (C=O) groups is 1. The second-order valence-corrected chi connectivity index (χ2v) is 7.00. The van der Waals surface area contributed by atoms with Gasteiger partial charge in [-0.3, -0.25) is 24.9 Å². The molecule has 0 aliphatic carbocycles. The molecule has 0 radical (unpaired) electrons. The topological polar surface area (TPSA) is 116 Å². The zero-order chi connectivity index (χ0) is 19.6. The van der Waals surface area contributed by atoms with Crippen molar-refractivity contribution in [1.82, 2.24) is 20.0 Å². The predicted molar refractivity (Wildman–Crippen MR) is 101 cm³/mol. The first-order valence-electron chi connectivity index (χ1n) is 8.30. The van der Waals surface area contributed by atoms with Crippen LogP contribution in [0.2, 0.25) is 0 Å². The number of hydrogen-bond acceptors (Lipinski definition) is 7. The van der Waals surface area contributed by atoms with E-state index in [4.69, 9.17) is 0 Å². The Morgan fingerprint density at radius 3 is 2.52 bits per heavy atom. The monoisotopic (exact) mass is 386 g/mol. The standard InChI is InChI=1S/C17H18N6O3S/c1-4-14-19-20-17(27-14)18-16(24)13-7-5-12(6-8-13)9-22-11(3)15(23(25)26)10(2)21-22/h5-8H,4,9H2,1-3H3,(H,18,20,24). The van der Waals surface area contributed by atoms with Crippen molar-refractivity contribution in [1.29, 1.82) is 0 Å². The molecule has 3 rings (SSSR count). The second kappa shape index (κ2) is 7.62. The molecule has 0 fully saturated rings. The molecule has 27 heavy (non-hydrogen) atoms. The first-order chi connectivity index (χ1) is 12.9. The number of nitrogens with zero attached hydrogens (tertiary/aromatic N) is 5. The van der Waals surface area contributed by atoms with Gasteiger partial charge in [0.05, 0.1) is 11.5 Å². The van der Waals surface area contributed by atoms with Gasteiger partial charge in [0.1, 0.15) is 16.4 Å². The number of rotatable bonds is 6. The summed E-state index contributed by atoms with van der Waals surface area (Å²) in [5.41, 5.74) is 2.30. The summed E-state index contributed by atoms with van der Waals surface area (Å²) in [4.78, 5) is 23.0. The minimum Gasteiger partial charge on any atom is -0.296 e. The number of benzene rings is 1. The fraction of sp³-hybridized carbons (Fsp3) is 0.294. The van der Waals surface area contributed by atoms with Crippen LogP contribution >= 0.6 is 11.3 Å². The minimum atomic E-state index is -0.418. The second-order valence-electron chi connectivity index (χ2n) is 5.94. The Kier molecular flexibility index (Phi) is 5.26. The molecular weight excluding hydrogens is 368 g/mol. The molecule has 0 saturated carbocycles. The molecule has 0 aliphatic heterocycles. The summed E-state index contributed by atoms with van der Waals surface area (Å²) in [5.74, 6) is -0.262. The molecule has 0 aliphatic rings. The maximum Gasteiger partial charge on any atom is 0.312 e. The van der Waals surface area contributed by atoms with Crippen LogP contribution in [0, 0.1) is 24.0 Å². The molecule has 140 valence electrons. The zero-order valence-corrected chi connectivity index (χ0v) is 15.9. The van der Waals surface area contributed by atoms with Crippen molar-refractivity contribution in [3.63, 3.8) is 0 Å². The molecule has 2 aromatic heterocycles. The van der Waals surface area contributed by atoms with Crippen molar-refractivity contribution in [2.75, 3.05) is 5.32 Å². The Labute approximate surface area is 159 Å². The maximum atomic E-state index is 12.3. The average molecular weight is 386 g/mol. The Bertz CT molecular complexity index is 993. The Morgan fingerprint density at radius 2 is 1.96 bits per heavy atom. The molecule has 1 N–H and O–H groups in total. The average Bonchev–Trinajstić information content (AvgIpc) is 3.19. The molecule has 0 atom stereocenters. The van der Waals surface area contributed by atoms with Crippen LogP contribution in [0.15, 0.2) is 24.3 Å². The lowest BCUT2D eigenvalue weighted by molar-refractivity contribution is -0.386. The van der Waals surface area contributed by atoms with Crippen LogP contribution in [-0.4, -0.2) is 30.8 Å². The fourth-order valence-electron chi connectivity index (χ4n) is 2.66. The van der Waals surface area contributed by atoms with Gasteiger partial charge in [-0.15, -0.1) is 10.2 Å². The molecular formula is C17H18N6O3S. The van der Waals surface area contributed by atoms with Crippen molar-refractivity contribution in [2.24, 2.45) is 0 Å². The summed E-state index contributed by atoms with van der Waals surface area (Å²) in [6.45, 7) is 5.65. The SMILES string of the molecule is CCc1nnc(NC(=O)c2ccc(Cn3nc(C)c([N+](=O)[O-])c3C)cc2)s1. The first-order valence-corrected chi connectivity index (χ1v) is 9.11. The molecule has 0 spiro atoms. The Hall–Kier alpha value is -3.14. The van der Waals surface area contributed by atoms with E-state index in [1.54, 1.807) is 42.8 Å². The largest absolute Gasteiger partial charge is 0.312 e. The van der Waals surface area contributed by atoms with Gasteiger partial charge in [0.25, 0.3) is 5.91 Å². The van der Waals surface area contributed by atoms with Gasteiger partial charge in [0.2, 0.25) is 5.13 Å². The molecule has 3 aromatic rings. The van der Waals surface area contributed by atoms with Gasteiger partial charge in [0, 0.05) is 5.56 Å². The van der Waals surface area contributed by atoms with E-state index in [0.29, 0.717) is 28.6 Å². The van der Waals surface area contributed by atoms with Crippen LogP contribution in [0.3, 0.4) is 0 Å². The van der Waals surface area contributed by atoms with E-state index in [2.05, 4.69) is 20.6 Å². The molecule has 9 nitrogen and oxygen atoms in total.